The largest absolute Gasteiger partial charge is 0.466 e. The molecule has 2 aromatic rings. The first-order chi connectivity index (χ1) is 10.00. The summed E-state index contributed by atoms with van der Waals surface area (Å²) in [4.78, 5) is 9.14. The maximum absolute atomic E-state index is 9.11. The highest BCUT2D eigenvalue weighted by Crippen LogP contribution is 2.33. The molecule has 1 aliphatic rings. The fraction of sp³-hybridized carbons (Fsp3) is 0.235. The zero-order valence-electron chi connectivity index (χ0n) is 12.2. The van der Waals surface area contributed by atoms with Gasteiger partial charge in [0.1, 0.15) is 5.75 Å². The third kappa shape index (κ3) is 2.38. The van der Waals surface area contributed by atoms with Crippen LogP contribution in [0, 0.1) is 18.3 Å². The maximum Gasteiger partial charge on any atom is 0.195 e. The van der Waals surface area contributed by atoms with Crippen molar-refractivity contribution < 1.29 is 4.74 Å². The number of hydrogen-bond donors (Lipinski definition) is 0. The van der Waals surface area contributed by atoms with Gasteiger partial charge in [-0.15, -0.1) is 0 Å². The lowest BCUT2D eigenvalue weighted by molar-refractivity contribution is 0.115. The van der Waals surface area contributed by atoms with Crippen molar-refractivity contribution in [3.05, 3.63) is 58.9 Å². The molecule has 0 fully saturated rings. The summed E-state index contributed by atoms with van der Waals surface area (Å²) >= 11 is 0. The second-order valence-corrected chi connectivity index (χ2v) is 5.50. The van der Waals surface area contributed by atoms with E-state index in [1.54, 1.807) is 18.3 Å². The Morgan fingerprint density at radius 1 is 1.24 bits per heavy atom. The van der Waals surface area contributed by atoms with E-state index in [2.05, 4.69) is 16.0 Å². The maximum atomic E-state index is 9.11. The zero-order valence-corrected chi connectivity index (χ0v) is 12.2. The third-order valence-corrected chi connectivity index (χ3v) is 3.34. The van der Waals surface area contributed by atoms with Crippen molar-refractivity contribution in [3.8, 4) is 11.8 Å². The molecule has 1 aliphatic heterocycles. The Morgan fingerprint density at radius 2 is 2.05 bits per heavy atom. The van der Waals surface area contributed by atoms with Crippen LogP contribution >= 0.6 is 0 Å². The number of hydrogen-bond acceptors (Lipinski definition) is 4. The van der Waals surface area contributed by atoms with Crippen LogP contribution in [-0.2, 0) is 0 Å². The molecule has 0 unspecified atom stereocenters. The predicted octanol–water partition coefficient (Wildman–Crippen LogP) is 3.23. The number of aromatic nitrogens is 1. The van der Waals surface area contributed by atoms with Crippen LogP contribution in [0.15, 0.2) is 41.5 Å². The van der Waals surface area contributed by atoms with Gasteiger partial charge in [0.15, 0.2) is 5.72 Å². The number of aryl methyl sites for hydroxylation is 1. The fourth-order valence-electron chi connectivity index (χ4n) is 2.41. The second kappa shape index (κ2) is 4.71. The number of fused-ring (bicyclic) bond motifs is 1. The summed E-state index contributed by atoms with van der Waals surface area (Å²) in [6.07, 6.45) is 1.75. The number of ether oxygens (including phenoxy) is 1. The highest BCUT2D eigenvalue weighted by molar-refractivity contribution is 6.14. The van der Waals surface area contributed by atoms with Crippen molar-refractivity contribution >= 4 is 5.71 Å². The molecule has 1 aromatic carbocycles. The van der Waals surface area contributed by atoms with Gasteiger partial charge in [-0.25, -0.2) is 4.99 Å². The minimum absolute atomic E-state index is 0.582. The normalized spacial score (nSPS) is 15.4. The van der Waals surface area contributed by atoms with Gasteiger partial charge in [0.2, 0.25) is 0 Å². The molecule has 4 heteroatoms. The molecule has 3 rings (SSSR count). The van der Waals surface area contributed by atoms with Crippen LogP contribution in [0.5, 0.6) is 5.75 Å². The van der Waals surface area contributed by atoms with Crippen molar-refractivity contribution in [2.75, 3.05) is 0 Å². The van der Waals surface area contributed by atoms with E-state index in [-0.39, 0.29) is 0 Å². The first-order valence-corrected chi connectivity index (χ1v) is 6.75. The molecular formula is C17H15N3O. The third-order valence-electron chi connectivity index (χ3n) is 3.34. The van der Waals surface area contributed by atoms with Crippen molar-refractivity contribution in [2.45, 2.75) is 26.5 Å². The van der Waals surface area contributed by atoms with E-state index in [4.69, 9.17) is 10.00 Å². The fourth-order valence-corrected chi connectivity index (χ4v) is 2.41. The smallest absolute Gasteiger partial charge is 0.195 e. The molecule has 4 nitrogen and oxygen atoms in total. The molecule has 0 spiro atoms. The molecular weight excluding hydrogens is 262 g/mol. The van der Waals surface area contributed by atoms with Gasteiger partial charge in [0.25, 0.3) is 0 Å². The summed E-state index contributed by atoms with van der Waals surface area (Å²) in [6, 6.07) is 11.4. The number of pyridine rings is 1. The van der Waals surface area contributed by atoms with Crippen LogP contribution in [0.3, 0.4) is 0 Å². The van der Waals surface area contributed by atoms with E-state index in [0.717, 1.165) is 28.3 Å². The van der Waals surface area contributed by atoms with Gasteiger partial charge in [-0.1, -0.05) is 6.07 Å². The lowest BCUT2D eigenvalue weighted by Gasteiger charge is -2.30. The molecule has 1 aromatic heterocycles. The van der Waals surface area contributed by atoms with Crippen LogP contribution in [0.25, 0.3) is 0 Å². The molecule has 2 heterocycles. The Kier molecular flexibility index (Phi) is 2.99. The first-order valence-electron chi connectivity index (χ1n) is 6.75. The van der Waals surface area contributed by atoms with Crippen LogP contribution < -0.4 is 4.74 Å². The Morgan fingerprint density at radius 3 is 2.76 bits per heavy atom. The molecule has 0 aliphatic carbocycles. The monoisotopic (exact) mass is 277 g/mol. The van der Waals surface area contributed by atoms with Crippen molar-refractivity contribution in [2.24, 2.45) is 4.99 Å². The molecule has 0 atom stereocenters. The van der Waals surface area contributed by atoms with Crippen LogP contribution in [0.2, 0.25) is 0 Å². The van der Waals surface area contributed by atoms with Crippen molar-refractivity contribution in [1.82, 2.24) is 4.98 Å². The van der Waals surface area contributed by atoms with Gasteiger partial charge >= 0.3 is 0 Å². The summed E-state index contributed by atoms with van der Waals surface area (Å²) in [5.41, 5.74) is 3.39. The molecule has 0 bridgehead atoms. The molecule has 21 heavy (non-hydrogen) atoms. The average molecular weight is 277 g/mol. The Labute approximate surface area is 123 Å². The van der Waals surface area contributed by atoms with E-state index in [9.17, 15) is 0 Å². The van der Waals surface area contributed by atoms with Gasteiger partial charge in [-0.3, -0.25) is 4.98 Å². The SMILES string of the molecule is Cc1cccnc1C1=NC(C)(C)Oc2ccc(C#N)cc21. The highest BCUT2D eigenvalue weighted by atomic mass is 16.5. The summed E-state index contributed by atoms with van der Waals surface area (Å²) in [5, 5.41) is 9.11. The van der Waals surface area contributed by atoms with Gasteiger partial charge in [0, 0.05) is 11.8 Å². The Bertz CT molecular complexity index is 785. The molecule has 104 valence electrons. The first kappa shape index (κ1) is 13.3. The highest BCUT2D eigenvalue weighted by Gasteiger charge is 2.30. The molecule has 0 N–H and O–H groups in total. The second-order valence-electron chi connectivity index (χ2n) is 5.50. The zero-order chi connectivity index (χ0) is 15.0. The number of benzene rings is 1. The van der Waals surface area contributed by atoms with Crippen LogP contribution in [0.4, 0.5) is 0 Å². The van der Waals surface area contributed by atoms with Crippen LogP contribution in [-0.4, -0.2) is 16.4 Å². The topological polar surface area (TPSA) is 58.3 Å². The van der Waals surface area contributed by atoms with Gasteiger partial charge in [0.05, 0.1) is 23.0 Å². The Hall–Kier alpha value is -2.67. The van der Waals surface area contributed by atoms with Crippen molar-refractivity contribution in [3.63, 3.8) is 0 Å². The molecule has 0 amide bonds. The number of nitriles is 1. The van der Waals surface area contributed by atoms with E-state index in [1.165, 1.54) is 0 Å². The minimum atomic E-state index is -0.652. The standard InChI is InChI=1S/C17H15N3O/c1-11-5-4-8-19-15(11)16-13-9-12(10-18)6-7-14(13)21-17(2,3)20-16/h4-9H,1-3H3. The molecule has 0 radical (unpaired) electrons. The number of nitrogens with zero attached hydrogens (tertiary/aromatic N) is 3. The van der Waals surface area contributed by atoms with E-state index >= 15 is 0 Å². The van der Waals surface area contributed by atoms with E-state index in [1.807, 2.05) is 39.0 Å². The van der Waals surface area contributed by atoms with Gasteiger partial charge in [-0.2, -0.15) is 5.26 Å². The predicted molar refractivity (Wildman–Crippen MR) is 80.5 cm³/mol. The van der Waals surface area contributed by atoms with E-state index < -0.39 is 5.72 Å². The van der Waals surface area contributed by atoms with Gasteiger partial charge < -0.3 is 4.74 Å². The average Bonchev–Trinajstić information content (AvgIpc) is 2.46. The summed E-state index contributed by atoms with van der Waals surface area (Å²) in [7, 11) is 0. The number of aliphatic imine (C=N–C) groups is 1. The summed E-state index contributed by atoms with van der Waals surface area (Å²) in [6.45, 7) is 5.82. The van der Waals surface area contributed by atoms with E-state index in [0.29, 0.717) is 5.56 Å². The van der Waals surface area contributed by atoms with Gasteiger partial charge in [-0.05, 0) is 50.6 Å². The van der Waals surface area contributed by atoms with Crippen LogP contribution in [0.1, 0.15) is 36.2 Å². The molecule has 0 saturated heterocycles. The Balaban J connectivity index is 2.26. The summed E-state index contributed by atoms with van der Waals surface area (Å²) < 4.78 is 5.89. The minimum Gasteiger partial charge on any atom is -0.466 e. The van der Waals surface area contributed by atoms with Crippen molar-refractivity contribution in [1.29, 1.82) is 5.26 Å². The number of rotatable bonds is 1. The molecule has 0 saturated carbocycles. The lowest BCUT2D eigenvalue weighted by atomic mass is 9.98. The lowest BCUT2D eigenvalue weighted by Crippen LogP contribution is -2.33. The quantitative estimate of drug-likeness (QED) is 0.804. The summed E-state index contributed by atoms with van der Waals surface area (Å²) in [5.74, 6) is 0.731.